The van der Waals surface area contributed by atoms with E-state index in [-0.39, 0.29) is 12.3 Å². The molecule has 0 aliphatic heterocycles. The Morgan fingerprint density at radius 1 is 1.04 bits per heavy atom. The van der Waals surface area contributed by atoms with Crippen LogP contribution in [0.1, 0.15) is 25.0 Å². The van der Waals surface area contributed by atoms with Crippen molar-refractivity contribution in [2.24, 2.45) is 0 Å². The van der Waals surface area contributed by atoms with E-state index in [9.17, 15) is 26.4 Å². The average Bonchev–Trinajstić information content (AvgIpc) is 3.31. The molecule has 0 fully saturated rings. The highest BCUT2D eigenvalue weighted by Gasteiger charge is 2.31. The quantitative estimate of drug-likeness (QED) is 0.583. The van der Waals surface area contributed by atoms with Crippen LogP contribution in [0, 0.1) is 0 Å². The third kappa shape index (κ3) is 4.64. The summed E-state index contributed by atoms with van der Waals surface area (Å²) in [7, 11) is -4.12. The van der Waals surface area contributed by atoms with Gasteiger partial charge in [0.1, 0.15) is 0 Å². The average molecular weight is 431 g/mol. The number of thiophene rings is 2. The maximum atomic E-state index is 12.8. The predicted molar refractivity (Wildman–Crippen MR) is 97.5 cm³/mol. The van der Waals surface area contributed by atoms with Crippen LogP contribution < -0.4 is 4.72 Å². The number of hydrogen-bond acceptors (Lipinski definition) is 5. The molecular weight excluding hydrogens is 419 g/mol. The number of sulfonamides is 1. The van der Waals surface area contributed by atoms with E-state index in [1.165, 1.54) is 11.3 Å². The Morgan fingerprint density at radius 3 is 2.48 bits per heavy atom. The molecule has 0 bridgehead atoms. The van der Waals surface area contributed by atoms with Crippen molar-refractivity contribution in [2.45, 2.75) is 17.6 Å². The Morgan fingerprint density at radius 2 is 1.81 bits per heavy atom. The number of alkyl halides is 3. The van der Waals surface area contributed by atoms with Crippen molar-refractivity contribution in [1.29, 1.82) is 0 Å². The van der Waals surface area contributed by atoms with Crippen LogP contribution in [-0.2, 0) is 22.7 Å². The highest BCUT2D eigenvalue weighted by atomic mass is 32.2. The monoisotopic (exact) mass is 431 g/mol. The first-order valence-electron chi connectivity index (χ1n) is 7.51. The van der Waals surface area contributed by atoms with E-state index in [4.69, 9.17) is 0 Å². The molecule has 0 aliphatic carbocycles. The van der Waals surface area contributed by atoms with Gasteiger partial charge in [-0.15, -0.1) is 22.7 Å². The molecule has 3 rings (SSSR count). The van der Waals surface area contributed by atoms with Crippen molar-refractivity contribution in [2.75, 3.05) is 0 Å². The van der Waals surface area contributed by atoms with Crippen LogP contribution >= 0.6 is 22.7 Å². The molecule has 1 aromatic carbocycles. The fourth-order valence-corrected chi connectivity index (χ4v) is 5.00. The molecule has 0 radical (unpaired) electrons. The second kappa shape index (κ2) is 7.55. The van der Waals surface area contributed by atoms with Gasteiger partial charge in [-0.2, -0.15) is 13.2 Å². The number of nitrogens with one attached hydrogen (secondary N) is 1. The molecule has 0 atom stereocenters. The maximum absolute atomic E-state index is 12.8. The lowest BCUT2D eigenvalue weighted by Crippen LogP contribution is -2.23. The van der Waals surface area contributed by atoms with Crippen LogP contribution in [0.5, 0.6) is 0 Å². The Hall–Kier alpha value is -2.01. The maximum Gasteiger partial charge on any atom is 0.416 e. The number of benzene rings is 1. The van der Waals surface area contributed by atoms with Crippen LogP contribution in [0.15, 0.2) is 58.8 Å². The molecule has 4 nitrogen and oxygen atoms in total. The van der Waals surface area contributed by atoms with E-state index >= 15 is 0 Å². The van der Waals surface area contributed by atoms with Gasteiger partial charge in [0.05, 0.1) is 20.2 Å². The summed E-state index contributed by atoms with van der Waals surface area (Å²) in [5.41, 5.74) is -1.04. The number of hydrogen-bond donors (Lipinski definition) is 1. The molecule has 10 heteroatoms. The number of ketones is 1. The van der Waals surface area contributed by atoms with Crippen LogP contribution in [0.3, 0.4) is 0 Å². The minimum atomic E-state index is -4.63. The summed E-state index contributed by atoms with van der Waals surface area (Å²) in [5, 5.41) is 1.78. The van der Waals surface area contributed by atoms with E-state index in [0.717, 1.165) is 29.5 Å². The summed E-state index contributed by atoms with van der Waals surface area (Å²) >= 11 is 2.44. The molecule has 142 valence electrons. The first kappa shape index (κ1) is 19.7. The highest BCUT2D eigenvalue weighted by Crippen LogP contribution is 2.30. The Balaban J connectivity index is 1.72. The SMILES string of the molecule is O=C(c1cccs1)c1ccc(CNS(=O)(=O)c2cccc(C(F)(F)F)c2)s1. The Labute approximate surface area is 161 Å². The van der Waals surface area contributed by atoms with E-state index in [1.54, 1.807) is 29.6 Å². The van der Waals surface area contributed by atoms with E-state index in [2.05, 4.69) is 4.72 Å². The first-order valence-corrected chi connectivity index (χ1v) is 10.7. The minimum absolute atomic E-state index is 0.124. The van der Waals surface area contributed by atoms with Crippen molar-refractivity contribution >= 4 is 38.5 Å². The zero-order valence-corrected chi connectivity index (χ0v) is 15.9. The van der Waals surface area contributed by atoms with Gasteiger partial charge in [-0.25, -0.2) is 13.1 Å². The summed E-state index contributed by atoms with van der Waals surface area (Å²) in [5.74, 6) is -0.151. The second-order valence-electron chi connectivity index (χ2n) is 5.42. The molecule has 0 amide bonds. The lowest BCUT2D eigenvalue weighted by Gasteiger charge is -2.10. The Bertz CT molecular complexity index is 1050. The molecule has 0 unspecified atom stereocenters. The van der Waals surface area contributed by atoms with Crippen LogP contribution in [0.4, 0.5) is 13.2 Å². The summed E-state index contributed by atoms with van der Waals surface area (Å²) in [6.45, 7) is -0.124. The van der Waals surface area contributed by atoms with Crippen molar-refractivity contribution in [3.63, 3.8) is 0 Å². The second-order valence-corrected chi connectivity index (χ2v) is 9.31. The van der Waals surface area contributed by atoms with Crippen molar-refractivity contribution in [3.05, 3.63) is 74.1 Å². The molecule has 0 saturated carbocycles. The minimum Gasteiger partial charge on any atom is -0.287 e. The summed E-state index contributed by atoms with van der Waals surface area (Å²) in [4.78, 5) is 13.4. The topological polar surface area (TPSA) is 63.2 Å². The van der Waals surface area contributed by atoms with Crippen molar-refractivity contribution < 1.29 is 26.4 Å². The standard InChI is InChI=1S/C17H12F3NO3S3/c18-17(19,20)11-3-1-4-13(9-11)27(23,24)21-10-12-6-7-15(26-12)16(22)14-5-2-8-25-14/h1-9,21H,10H2. The number of rotatable bonds is 6. The van der Waals surface area contributed by atoms with Gasteiger partial charge in [-0.1, -0.05) is 12.1 Å². The van der Waals surface area contributed by atoms with Gasteiger partial charge in [0.25, 0.3) is 0 Å². The fraction of sp³-hybridized carbons (Fsp3) is 0.118. The number of carbonyl (C=O) groups is 1. The number of carbonyl (C=O) groups excluding carboxylic acids is 1. The summed E-state index contributed by atoms with van der Waals surface area (Å²) < 4.78 is 65.1. The molecule has 0 aliphatic rings. The predicted octanol–water partition coefficient (Wildman–Crippen LogP) is 4.54. The normalized spacial score (nSPS) is 12.3. The van der Waals surface area contributed by atoms with E-state index in [0.29, 0.717) is 20.7 Å². The molecule has 2 aromatic heterocycles. The van der Waals surface area contributed by atoms with Crippen LogP contribution in [0.25, 0.3) is 0 Å². The van der Waals surface area contributed by atoms with E-state index in [1.807, 2.05) is 0 Å². The highest BCUT2D eigenvalue weighted by molar-refractivity contribution is 7.89. The van der Waals surface area contributed by atoms with Crippen molar-refractivity contribution in [3.8, 4) is 0 Å². The fourth-order valence-electron chi connectivity index (χ4n) is 2.21. The van der Waals surface area contributed by atoms with E-state index < -0.39 is 26.7 Å². The third-order valence-electron chi connectivity index (χ3n) is 3.54. The number of halogens is 3. The van der Waals surface area contributed by atoms with Gasteiger partial charge in [0.2, 0.25) is 15.8 Å². The molecule has 27 heavy (non-hydrogen) atoms. The van der Waals surface area contributed by atoms with Gasteiger partial charge in [-0.3, -0.25) is 4.79 Å². The van der Waals surface area contributed by atoms with Gasteiger partial charge < -0.3 is 0 Å². The zero-order valence-electron chi connectivity index (χ0n) is 13.5. The lowest BCUT2D eigenvalue weighted by molar-refractivity contribution is -0.137. The molecule has 0 saturated heterocycles. The van der Waals surface area contributed by atoms with Gasteiger partial charge in [-0.05, 0) is 41.8 Å². The lowest BCUT2D eigenvalue weighted by atomic mass is 10.2. The van der Waals surface area contributed by atoms with Crippen molar-refractivity contribution in [1.82, 2.24) is 4.72 Å². The summed E-state index contributed by atoms with van der Waals surface area (Å²) in [6.07, 6.45) is -4.63. The smallest absolute Gasteiger partial charge is 0.287 e. The molecule has 1 N–H and O–H groups in total. The third-order valence-corrected chi connectivity index (χ3v) is 6.89. The molecule has 2 heterocycles. The first-order chi connectivity index (χ1) is 12.7. The Kier molecular flexibility index (Phi) is 5.52. The van der Waals surface area contributed by atoms with Crippen LogP contribution in [-0.4, -0.2) is 14.2 Å². The molecular formula is C17H12F3NO3S3. The van der Waals surface area contributed by atoms with Gasteiger partial charge >= 0.3 is 6.18 Å². The van der Waals surface area contributed by atoms with Gasteiger partial charge in [0, 0.05) is 11.4 Å². The van der Waals surface area contributed by atoms with Crippen LogP contribution in [0.2, 0.25) is 0 Å². The molecule has 0 spiro atoms. The van der Waals surface area contributed by atoms with Gasteiger partial charge in [0.15, 0.2) is 0 Å². The largest absolute Gasteiger partial charge is 0.416 e. The summed E-state index contributed by atoms with van der Waals surface area (Å²) in [6, 6.07) is 10.2. The molecule has 3 aromatic rings. The zero-order chi connectivity index (χ0) is 19.7.